The molecule has 300 valence electrons. The summed E-state index contributed by atoms with van der Waals surface area (Å²) in [6.07, 6.45) is 0. The van der Waals surface area contributed by atoms with Crippen LogP contribution in [0.2, 0.25) is 0 Å². The molecular formula is C60H40N2OSi. The largest absolute Gasteiger partial charge is 0.455 e. The van der Waals surface area contributed by atoms with Gasteiger partial charge in [0.2, 0.25) is 0 Å². The Morgan fingerprint density at radius 3 is 1.50 bits per heavy atom. The molecule has 0 unspecified atom stereocenters. The molecule has 13 aromatic rings. The zero-order valence-corrected chi connectivity index (χ0v) is 35.9. The van der Waals surface area contributed by atoms with Crippen LogP contribution in [0.25, 0.3) is 88.1 Å². The third-order valence-corrected chi connectivity index (χ3v) is 18.3. The van der Waals surface area contributed by atoms with Crippen LogP contribution in [-0.4, -0.2) is 17.2 Å². The molecule has 0 aliphatic heterocycles. The maximum atomic E-state index is 6.58. The van der Waals surface area contributed by atoms with Gasteiger partial charge in [-0.2, -0.15) is 0 Å². The van der Waals surface area contributed by atoms with Crippen molar-refractivity contribution in [3.05, 3.63) is 243 Å². The standard InChI is InChI=1S/C60H40N2OSi/c1-4-18-43(19-5-1)64(44-20-6-2-7-21-44,45-22-8-3-9-23-45)46-37-35-42(36-38-46)61-54-30-13-11-25-49(54)52-28-17-32-56(59(52)61)62-55-31-14-10-24-48(55)50-39-34-41(40-57(50)62)47-27-16-29-53-51-26-12-15-33-58(51)63-60(47)53/h1-40H. The fourth-order valence-corrected chi connectivity index (χ4v) is 15.5. The highest BCUT2D eigenvalue weighted by atomic mass is 28.3. The topological polar surface area (TPSA) is 23.0 Å². The Morgan fingerprint density at radius 2 is 0.828 bits per heavy atom. The third-order valence-electron chi connectivity index (χ3n) is 13.5. The molecule has 3 heterocycles. The summed E-state index contributed by atoms with van der Waals surface area (Å²) in [7, 11) is -2.71. The van der Waals surface area contributed by atoms with E-state index in [0.29, 0.717) is 0 Å². The number of aromatic nitrogens is 2. The maximum Gasteiger partial charge on any atom is 0.179 e. The average molecular weight is 833 g/mol. The first-order valence-electron chi connectivity index (χ1n) is 22.0. The molecular weight excluding hydrogens is 793 g/mol. The first kappa shape index (κ1) is 36.5. The second kappa shape index (κ2) is 14.5. The lowest BCUT2D eigenvalue weighted by Crippen LogP contribution is -2.74. The molecule has 0 saturated heterocycles. The molecule has 3 nitrogen and oxygen atoms in total. The molecule has 0 atom stereocenters. The SMILES string of the molecule is c1ccc([Si](c2ccccc2)(c2ccccc2)c2ccc(-n3c4ccccc4c4cccc(-n5c6ccccc6c6ccc(-c7cccc8c7oc7ccccc78)cc65)c43)cc2)cc1. The van der Waals surface area contributed by atoms with Crippen molar-refractivity contribution < 1.29 is 4.42 Å². The van der Waals surface area contributed by atoms with Crippen molar-refractivity contribution in [1.29, 1.82) is 0 Å². The number of para-hydroxylation sites is 5. The Balaban J connectivity index is 1.06. The average Bonchev–Trinajstić information content (AvgIpc) is 4.03. The molecule has 0 radical (unpaired) electrons. The summed E-state index contributed by atoms with van der Waals surface area (Å²) in [6.45, 7) is 0. The van der Waals surface area contributed by atoms with Gasteiger partial charge in [-0.15, -0.1) is 0 Å². The summed E-state index contributed by atoms with van der Waals surface area (Å²) in [5.74, 6) is 0. The lowest BCUT2D eigenvalue weighted by atomic mass is 10.0. The summed E-state index contributed by atoms with van der Waals surface area (Å²) < 4.78 is 11.5. The van der Waals surface area contributed by atoms with E-state index in [1.165, 1.54) is 58.8 Å². The van der Waals surface area contributed by atoms with Gasteiger partial charge in [0.05, 0.1) is 27.8 Å². The second-order valence-electron chi connectivity index (χ2n) is 16.8. The first-order valence-corrected chi connectivity index (χ1v) is 24.0. The van der Waals surface area contributed by atoms with Gasteiger partial charge in [-0.25, -0.2) is 0 Å². The highest BCUT2D eigenvalue weighted by Crippen LogP contribution is 2.42. The molecule has 0 spiro atoms. The normalized spacial score (nSPS) is 12.1. The molecule has 0 saturated carbocycles. The van der Waals surface area contributed by atoms with Crippen LogP contribution in [0.3, 0.4) is 0 Å². The van der Waals surface area contributed by atoms with Crippen LogP contribution >= 0.6 is 0 Å². The Morgan fingerprint density at radius 1 is 0.328 bits per heavy atom. The van der Waals surface area contributed by atoms with Crippen molar-refractivity contribution in [1.82, 2.24) is 9.13 Å². The minimum atomic E-state index is -2.71. The van der Waals surface area contributed by atoms with Crippen molar-refractivity contribution in [2.24, 2.45) is 0 Å². The van der Waals surface area contributed by atoms with E-state index in [1.54, 1.807) is 0 Å². The van der Waals surface area contributed by atoms with Crippen LogP contribution in [-0.2, 0) is 0 Å². The van der Waals surface area contributed by atoms with Gasteiger partial charge in [-0.3, -0.25) is 0 Å². The molecule has 0 bridgehead atoms. The molecule has 0 aliphatic carbocycles. The molecule has 0 fully saturated rings. The molecule has 10 aromatic carbocycles. The lowest BCUT2D eigenvalue weighted by molar-refractivity contribution is 0.670. The van der Waals surface area contributed by atoms with Crippen molar-refractivity contribution in [2.45, 2.75) is 0 Å². The monoisotopic (exact) mass is 832 g/mol. The smallest absolute Gasteiger partial charge is 0.179 e. The maximum absolute atomic E-state index is 6.58. The van der Waals surface area contributed by atoms with Crippen LogP contribution in [0.5, 0.6) is 0 Å². The van der Waals surface area contributed by atoms with Crippen LogP contribution in [0.4, 0.5) is 0 Å². The predicted molar refractivity (Wildman–Crippen MR) is 271 cm³/mol. The lowest BCUT2D eigenvalue weighted by Gasteiger charge is -2.34. The Labute approximate surface area is 371 Å². The van der Waals surface area contributed by atoms with Crippen LogP contribution in [0.15, 0.2) is 247 Å². The van der Waals surface area contributed by atoms with E-state index < -0.39 is 8.07 Å². The molecule has 64 heavy (non-hydrogen) atoms. The number of fused-ring (bicyclic) bond motifs is 9. The third kappa shape index (κ3) is 5.33. The minimum Gasteiger partial charge on any atom is -0.455 e. The quantitative estimate of drug-likeness (QED) is 0.116. The number of benzene rings is 10. The number of nitrogens with zero attached hydrogens (tertiary/aromatic N) is 2. The summed E-state index contributed by atoms with van der Waals surface area (Å²) >= 11 is 0. The van der Waals surface area contributed by atoms with E-state index in [-0.39, 0.29) is 0 Å². The minimum absolute atomic E-state index is 0.904. The molecule has 4 heteroatoms. The number of hydrogen-bond acceptors (Lipinski definition) is 1. The van der Waals surface area contributed by atoms with Gasteiger partial charge in [0.1, 0.15) is 11.2 Å². The van der Waals surface area contributed by atoms with Gasteiger partial charge < -0.3 is 13.6 Å². The second-order valence-corrected chi connectivity index (χ2v) is 20.6. The van der Waals surface area contributed by atoms with Crippen LogP contribution in [0.1, 0.15) is 0 Å². The fourth-order valence-electron chi connectivity index (χ4n) is 10.7. The summed E-state index contributed by atoms with van der Waals surface area (Å²) in [6, 6.07) is 89.2. The van der Waals surface area contributed by atoms with Gasteiger partial charge in [0, 0.05) is 43.6 Å². The van der Waals surface area contributed by atoms with Crippen LogP contribution < -0.4 is 20.7 Å². The van der Waals surface area contributed by atoms with Gasteiger partial charge in [0.15, 0.2) is 8.07 Å². The van der Waals surface area contributed by atoms with E-state index in [0.717, 1.165) is 50.0 Å². The van der Waals surface area contributed by atoms with Crippen molar-refractivity contribution in [3.8, 4) is 22.5 Å². The molecule has 0 amide bonds. The first-order chi connectivity index (χ1) is 31.8. The van der Waals surface area contributed by atoms with Crippen LogP contribution in [0, 0.1) is 0 Å². The van der Waals surface area contributed by atoms with Crippen molar-refractivity contribution in [3.63, 3.8) is 0 Å². The van der Waals surface area contributed by atoms with Gasteiger partial charge in [-0.1, -0.05) is 200 Å². The fraction of sp³-hybridized carbons (Fsp3) is 0. The highest BCUT2D eigenvalue weighted by molar-refractivity contribution is 7.19. The van der Waals surface area contributed by atoms with E-state index in [9.17, 15) is 0 Å². The van der Waals surface area contributed by atoms with Gasteiger partial charge in [-0.05, 0) is 68.8 Å². The molecule has 13 rings (SSSR count). The summed E-state index contributed by atoms with van der Waals surface area (Å²) in [5.41, 5.74) is 10.9. The zero-order chi connectivity index (χ0) is 42.2. The van der Waals surface area contributed by atoms with E-state index >= 15 is 0 Å². The van der Waals surface area contributed by atoms with Gasteiger partial charge >= 0.3 is 0 Å². The summed E-state index contributed by atoms with van der Waals surface area (Å²) in [5, 5.41) is 12.6. The molecule has 3 aromatic heterocycles. The van der Waals surface area contributed by atoms with E-state index in [2.05, 4.69) is 246 Å². The van der Waals surface area contributed by atoms with Crippen molar-refractivity contribution in [2.75, 3.05) is 0 Å². The Kier molecular flexibility index (Phi) is 8.23. The number of rotatable bonds is 7. The number of hydrogen-bond donors (Lipinski definition) is 0. The summed E-state index contributed by atoms with van der Waals surface area (Å²) in [4.78, 5) is 0. The molecule has 0 aliphatic rings. The molecule has 0 N–H and O–H groups in total. The van der Waals surface area contributed by atoms with Gasteiger partial charge in [0.25, 0.3) is 0 Å². The Hall–Kier alpha value is -8.18. The Bertz CT molecular complexity index is 3790. The van der Waals surface area contributed by atoms with Crippen molar-refractivity contribution >= 4 is 94.4 Å². The van der Waals surface area contributed by atoms with E-state index in [4.69, 9.17) is 4.42 Å². The zero-order valence-electron chi connectivity index (χ0n) is 34.9. The predicted octanol–water partition coefficient (Wildman–Crippen LogP) is 12.8. The highest BCUT2D eigenvalue weighted by Gasteiger charge is 2.41. The van der Waals surface area contributed by atoms with E-state index in [1.807, 2.05) is 6.07 Å². The number of furan rings is 1.